The molecular weight excluding hydrogens is 480 g/mol. The van der Waals surface area contributed by atoms with Crippen LogP contribution < -0.4 is 0 Å². The number of hydrogen-bond acceptors (Lipinski definition) is 0. The van der Waals surface area contributed by atoms with E-state index in [9.17, 15) is 0 Å². The summed E-state index contributed by atoms with van der Waals surface area (Å²) in [6.07, 6.45) is 0. The van der Waals surface area contributed by atoms with E-state index in [-0.39, 0.29) is 0 Å². The Morgan fingerprint density at radius 3 is 0.925 bits per heavy atom. The highest BCUT2D eigenvalue weighted by Crippen LogP contribution is 2.31. The molecule has 7 rings (SSSR count). The highest BCUT2D eigenvalue weighted by atomic mass is 14.1. The summed E-state index contributed by atoms with van der Waals surface area (Å²) >= 11 is 0. The van der Waals surface area contributed by atoms with Gasteiger partial charge in [0.1, 0.15) is 0 Å². The maximum absolute atomic E-state index is 3.34. The monoisotopic (exact) mass is 506 g/mol. The van der Waals surface area contributed by atoms with Gasteiger partial charge in [-0.05, 0) is 142 Å². The van der Waals surface area contributed by atoms with E-state index < -0.39 is 0 Å². The van der Waals surface area contributed by atoms with Gasteiger partial charge in [0.15, 0.2) is 0 Å². The van der Waals surface area contributed by atoms with Gasteiger partial charge in [0, 0.05) is 22.3 Å². The van der Waals surface area contributed by atoms with Gasteiger partial charge in [-0.15, -0.1) is 0 Å². The standard InChI is InChI=1S/C40H26/c1-27-3-7-29(8-4-27)11-13-31-15-17-33-21-37-26-40-24-36-20-32(14-12-30-9-5-28(2)6-10-30)16-18-34(36)22-38(40)25-39(37)23-35(33)19-31/h3-10,15-26H,1-2H3. The van der Waals surface area contributed by atoms with E-state index in [1.165, 1.54) is 54.2 Å². The van der Waals surface area contributed by atoms with Crippen molar-refractivity contribution >= 4 is 43.1 Å². The molecule has 0 saturated carbocycles. The predicted molar refractivity (Wildman–Crippen MR) is 171 cm³/mol. The molecule has 0 heteroatoms. The van der Waals surface area contributed by atoms with E-state index in [0.717, 1.165) is 22.3 Å². The van der Waals surface area contributed by atoms with Crippen molar-refractivity contribution in [3.05, 3.63) is 155 Å². The predicted octanol–water partition coefficient (Wildman–Crippen LogP) is 9.72. The first kappa shape index (κ1) is 23.8. The highest BCUT2D eigenvalue weighted by Gasteiger charge is 2.05. The van der Waals surface area contributed by atoms with Crippen LogP contribution in [0.3, 0.4) is 0 Å². The molecule has 0 heterocycles. The lowest BCUT2D eigenvalue weighted by molar-refractivity contribution is 1.46. The highest BCUT2D eigenvalue weighted by molar-refractivity contribution is 6.08. The summed E-state index contributed by atoms with van der Waals surface area (Å²) in [5.41, 5.74) is 6.62. The Kier molecular flexibility index (Phi) is 5.82. The molecular formula is C40H26. The van der Waals surface area contributed by atoms with Crippen LogP contribution in [0.1, 0.15) is 33.4 Å². The lowest BCUT2D eigenvalue weighted by Gasteiger charge is -2.08. The lowest BCUT2D eigenvalue weighted by Crippen LogP contribution is -1.83. The van der Waals surface area contributed by atoms with Gasteiger partial charge in [-0.1, -0.05) is 71.2 Å². The Balaban J connectivity index is 1.25. The summed E-state index contributed by atoms with van der Waals surface area (Å²) in [6, 6.07) is 43.4. The maximum atomic E-state index is 3.34. The van der Waals surface area contributed by atoms with Gasteiger partial charge in [-0.25, -0.2) is 0 Å². The van der Waals surface area contributed by atoms with Crippen LogP contribution in [0.5, 0.6) is 0 Å². The first-order valence-corrected chi connectivity index (χ1v) is 13.6. The Labute approximate surface area is 234 Å². The molecule has 40 heavy (non-hydrogen) atoms. The zero-order valence-electron chi connectivity index (χ0n) is 22.5. The summed E-state index contributed by atoms with van der Waals surface area (Å²) in [4.78, 5) is 0. The summed E-state index contributed by atoms with van der Waals surface area (Å²) in [5.74, 6) is 13.3. The maximum Gasteiger partial charge on any atom is 0.0255 e. The first-order valence-electron chi connectivity index (χ1n) is 13.6. The number of fused-ring (bicyclic) bond motifs is 4. The summed E-state index contributed by atoms with van der Waals surface area (Å²) in [7, 11) is 0. The van der Waals surface area contributed by atoms with Crippen molar-refractivity contribution in [3.8, 4) is 23.7 Å². The molecule has 0 aliphatic carbocycles. The number of hydrogen-bond donors (Lipinski definition) is 0. The van der Waals surface area contributed by atoms with Gasteiger partial charge in [0.2, 0.25) is 0 Å². The van der Waals surface area contributed by atoms with Crippen LogP contribution in [0.4, 0.5) is 0 Å². The molecule has 0 aliphatic rings. The Morgan fingerprint density at radius 2 is 0.550 bits per heavy atom. The molecule has 0 bridgehead atoms. The number of rotatable bonds is 0. The second-order valence-electron chi connectivity index (χ2n) is 10.6. The second-order valence-corrected chi connectivity index (χ2v) is 10.6. The van der Waals surface area contributed by atoms with Gasteiger partial charge in [-0.2, -0.15) is 0 Å². The SMILES string of the molecule is Cc1ccc(C#Cc2ccc3cc4cc5cc6cc(C#Cc7ccc(C)cc7)ccc6cc5cc4cc3c2)cc1. The van der Waals surface area contributed by atoms with Crippen molar-refractivity contribution in [2.75, 3.05) is 0 Å². The fraction of sp³-hybridized carbons (Fsp3) is 0.0500. The number of aryl methyl sites for hydroxylation is 2. The largest absolute Gasteiger partial charge is 0.0617 e. The molecule has 0 N–H and O–H groups in total. The molecule has 186 valence electrons. The topological polar surface area (TPSA) is 0 Å². The normalized spacial score (nSPS) is 10.8. The minimum Gasteiger partial charge on any atom is -0.0617 e. The van der Waals surface area contributed by atoms with Crippen LogP contribution in [0.15, 0.2) is 121 Å². The molecule has 0 saturated heterocycles. The molecule has 0 radical (unpaired) electrons. The molecule has 0 amide bonds. The van der Waals surface area contributed by atoms with Crippen molar-refractivity contribution in [2.24, 2.45) is 0 Å². The van der Waals surface area contributed by atoms with Gasteiger partial charge in [-0.3, -0.25) is 0 Å². The number of benzene rings is 7. The molecule has 0 fully saturated rings. The van der Waals surface area contributed by atoms with Gasteiger partial charge in [0.05, 0.1) is 0 Å². The molecule has 0 aromatic heterocycles. The van der Waals surface area contributed by atoms with Crippen molar-refractivity contribution in [2.45, 2.75) is 13.8 Å². The average molecular weight is 507 g/mol. The zero-order valence-corrected chi connectivity index (χ0v) is 22.5. The van der Waals surface area contributed by atoms with E-state index in [2.05, 4.69) is 159 Å². The van der Waals surface area contributed by atoms with Crippen molar-refractivity contribution in [1.29, 1.82) is 0 Å². The zero-order chi connectivity index (χ0) is 27.1. The minimum atomic E-state index is 1.03. The Morgan fingerprint density at radius 1 is 0.275 bits per heavy atom. The Hall–Kier alpha value is -5.30. The van der Waals surface area contributed by atoms with Gasteiger partial charge >= 0.3 is 0 Å². The van der Waals surface area contributed by atoms with Crippen molar-refractivity contribution in [3.63, 3.8) is 0 Å². The molecule has 0 spiro atoms. The molecule has 7 aromatic carbocycles. The van der Waals surface area contributed by atoms with E-state index >= 15 is 0 Å². The van der Waals surface area contributed by atoms with Crippen molar-refractivity contribution in [1.82, 2.24) is 0 Å². The van der Waals surface area contributed by atoms with E-state index in [1.807, 2.05) is 0 Å². The van der Waals surface area contributed by atoms with Crippen LogP contribution in [0, 0.1) is 37.5 Å². The summed E-state index contributed by atoms with van der Waals surface area (Å²) < 4.78 is 0. The molecule has 0 aliphatic heterocycles. The third kappa shape index (κ3) is 4.80. The van der Waals surface area contributed by atoms with Crippen LogP contribution in [0.2, 0.25) is 0 Å². The first-order chi connectivity index (χ1) is 19.6. The minimum absolute atomic E-state index is 1.03. The van der Waals surface area contributed by atoms with E-state index in [4.69, 9.17) is 0 Å². The fourth-order valence-corrected chi connectivity index (χ4v) is 5.22. The van der Waals surface area contributed by atoms with E-state index in [1.54, 1.807) is 0 Å². The molecule has 0 unspecified atom stereocenters. The molecule has 7 aromatic rings. The van der Waals surface area contributed by atoms with Crippen LogP contribution in [0.25, 0.3) is 43.1 Å². The van der Waals surface area contributed by atoms with Crippen LogP contribution in [-0.2, 0) is 0 Å². The van der Waals surface area contributed by atoms with Gasteiger partial charge in [0.25, 0.3) is 0 Å². The van der Waals surface area contributed by atoms with Crippen LogP contribution in [-0.4, -0.2) is 0 Å². The third-order valence-corrected chi connectivity index (χ3v) is 7.51. The second kappa shape index (κ2) is 9.78. The molecule has 0 atom stereocenters. The third-order valence-electron chi connectivity index (χ3n) is 7.51. The summed E-state index contributed by atoms with van der Waals surface area (Å²) in [6.45, 7) is 4.19. The van der Waals surface area contributed by atoms with Crippen molar-refractivity contribution < 1.29 is 0 Å². The lowest BCUT2D eigenvalue weighted by atomic mass is 9.96. The summed E-state index contributed by atoms with van der Waals surface area (Å²) in [5, 5.41) is 9.83. The van der Waals surface area contributed by atoms with Crippen LogP contribution >= 0.6 is 0 Å². The van der Waals surface area contributed by atoms with E-state index in [0.29, 0.717) is 0 Å². The fourth-order valence-electron chi connectivity index (χ4n) is 5.22. The smallest absolute Gasteiger partial charge is 0.0255 e. The quantitative estimate of drug-likeness (QED) is 0.142. The average Bonchev–Trinajstić information content (AvgIpc) is 2.97. The Bertz CT molecular complexity index is 2040. The molecule has 0 nitrogen and oxygen atoms in total. The van der Waals surface area contributed by atoms with Gasteiger partial charge < -0.3 is 0 Å².